The number of aryl methyl sites for hydroxylation is 1. The van der Waals surface area contributed by atoms with Crippen molar-refractivity contribution in [2.45, 2.75) is 6.92 Å². The molecule has 0 amide bonds. The van der Waals surface area contributed by atoms with Gasteiger partial charge in [0.2, 0.25) is 12.6 Å². The van der Waals surface area contributed by atoms with E-state index in [0.29, 0.717) is 27.5 Å². The normalized spacial score (nSPS) is 12.7. The number of aromatic amines is 2. The number of hydrogen-bond acceptors (Lipinski definition) is 4. The Morgan fingerprint density at radius 3 is 2.78 bits per heavy atom. The molecule has 0 atom stereocenters. The fourth-order valence-corrected chi connectivity index (χ4v) is 2.14. The Kier molecular flexibility index (Phi) is 2.45. The van der Waals surface area contributed by atoms with E-state index in [1.807, 2.05) is 0 Å². The number of benzene rings is 1. The number of H-pyrrole nitrogens is 2. The predicted molar refractivity (Wildman–Crippen MR) is 66.7 cm³/mol. The fourth-order valence-electron chi connectivity index (χ4n) is 1.88. The van der Waals surface area contributed by atoms with Crippen molar-refractivity contribution in [1.82, 2.24) is 9.97 Å². The van der Waals surface area contributed by atoms with E-state index in [1.165, 1.54) is 0 Å². The van der Waals surface area contributed by atoms with Gasteiger partial charge in [-0.15, -0.1) is 0 Å². The molecule has 2 N–H and O–H groups in total. The van der Waals surface area contributed by atoms with Gasteiger partial charge in [0.15, 0.2) is 16.3 Å². The lowest BCUT2D eigenvalue weighted by Gasteiger charge is -2.01. The molecule has 2 heterocycles. The topological polar surface area (TPSA) is 67.1 Å². The van der Waals surface area contributed by atoms with Gasteiger partial charge < -0.3 is 19.4 Å². The maximum Gasteiger partial charge on any atom is 0.231 e. The Balaban J connectivity index is 2.02. The summed E-state index contributed by atoms with van der Waals surface area (Å²) in [6.07, 6.45) is 0. The molecule has 0 fully saturated rings. The average molecular weight is 262 g/mol. The summed E-state index contributed by atoms with van der Waals surface area (Å²) in [6.45, 7) is 1.99. The fraction of sp³-hybridized carbons (Fsp3) is 0.167. The van der Waals surface area contributed by atoms with Gasteiger partial charge in [0.25, 0.3) is 0 Å². The molecule has 0 saturated heterocycles. The van der Waals surface area contributed by atoms with E-state index in [9.17, 15) is 4.79 Å². The lowest BCUT2D eigenvalue weighted by atomic mass is 10.1. The Hall–Kier alpha value is -2.08. The maximum absolute atomic E-state index is 12.3. The largest absolute Gasteiger partial charge is 0.454 e. The Morgan fingerprint density at radius 1 is 1.28 bits per heavy atom. The average Bonchev–Trinajstić information content (AvgIpc) is 2.93. The van der Waals surface area contributed by atoms with Gasteiger partial charge in [-0.25, -0.2) is 0 Å². The molecule has 92 valence electrons. The van der Waals surface area contributed by atoms with E-state index in [1.54, 1.807) is 25.1 Å². The lowest BCUT2D eigenvalue weighted by Crippen LogP contribution is -2.03. The third kappa shape index (κ3) is 1.70. The minimum atomic E-state index is -0.127. The predicted octanol–water partition coefficient (Wildman–Crippen LogP) is 2.34. The highest BCUT2D eigenvalue weighted by molar-refractivity contribution is 7.71. The number of carbonyl (C=O) groups is 1. The number of carbonyl (C=O) groups excluding carboxylic acids is 1. The van der Waals surface area contributed by atoms with Crippen molar-refractivity contribution in [3.63, 3.8) is 0 Å². The first-order valence-electron chi connectivity index (χ1n) is 5.38. The second-order valence-corrected chi connectivity index (χ2v) is 4.38. The molecule has 2 aromatic rings. The van der Waals surface area contributed by atoms with Gasteiger partial charge in [-0.2, -0.15) is 0 Å². The number of hydrogen-bond donors (Lipinski definition) is 2. The molecule has 0 unspecified atom stereocenters. The van der Waals surface area contributed by atoms with E-state index in [2.05, 4.69) is 9.97 Å². The molecule has 0 saturated carbocycles. The molecule has 6 heteroatoms. The second-order valence-electron chi connectivity index (χ2n) is 3.98. The summed E-state index contributed by atoms with van der Waals surface area (Å²) in [5.74, 6) is 1.12. The molecule has 3 rings (SSSR count). The number of rotatable bonds is 2. The Bertz CT molecular complexity index is 687. The molecule has 0 aliphatic carbocycles. The van der Waals surface area contributed by atoms with Crippen molar-refractivity contribution in [1.29, 1.82) is 0 Å². The van der Waals surface area contributed by atoms with Crippen LogP contribution in [-0.2, 0) is 0 Å². The van der Waals surface area contributed by atoms with Crippen LogP contribution in [0.2, 0.25) is 0 Å². The van der Waals surface area contributed by atoms with Crippen LogP contribution in [0.4, 0.5) is 0 Å². The third-order valence-corrected chi connectivity index (χ3v) is 2.98. The van der Waals surface area contributed by atoms with Crippen molar-refractivity contribution in [2.24, 2.45) is 0 Å². The van der Waals surface area contributed by atoms with Crippen LogP contribution >= 0.6 is 12.2 Å². The summed E-state index contributed by atoms with van der Waals surface area (Å²) < 4.78 is 10.9. The SMILES string of the molecule is Cc1[nH]c(=S)[nH]c1C(=O)c1ccc2c(c1)OCO2. The summed E-state index contributed by atoms with van der Waals surface area (Å²) in [7, 11) is 0. The monoisotopic (exact) mass is 262 g/mol. The van der Waals surface area contributed by atoms with Crippen molar-refractivity contribution in [3.8, 4) is 11.5 Å². The van der Waals surface area contributed by atoms with Gasteiger partial charge in [0.05, 0.1) is 0 Å². The minimum Gasteiger partial charge on any atom is -0.454 e. The van der Waals surface area contributed by atoms with Crippen molar-refractivity contribution < 1.29 is 14.3 Å². The van der Waals surface area contributed by atoms with Crippen molar-refractivity contribution in [2.75, 3.05) is 6.79 Å². The Labute approximate surface area is 108 Å². The van der Waals surface area contributed by atoms with E-state index < -0.39 is 0 Å². The molecule has 1 aliphatic rings. The second kappa shape index (κ2) is 3.99. The Morgan fingerprint density at radius 2 is 2.06 bits per heavy atom. The van der Waals surface area contributed by atoms with Gasteiger partial charge in [0, 0.05) is 11.3 Å². The number of ether oxygens (including phenoxy) is 2. The molecule has 5 nitrogen and oxygen atoms in total. The molecule has 1 aromatic heterocycles. The number of nitrogens with one attached hydrogen (secondary N) is 2. The number of fused-ring (bicyclic) bond motifs is 1. The molecular formula is C12H10N2O3S. The van der Waals surface area contributed by atoms with Gasteiger partial charge in [-0.05, 0) is 37.3 Å². The highest BCUT2D eigenvalue weighted by Gasteiger charge is 2.19. The standard InChI is InChI=1S/C12H10N2O3S/c1-6-10(14-12(18)13-6)11(15)7-2-3-8-9(4-7)17-5-16-8/h2-4H,5H2,1H3,(H2,13,14,18). The zero-order chi connectivity index (χ0) is 12.7. The zero-order valence-corrected chi connectivity index (χ0v) is 10.4. The molecule has 0 bridgehead atoms. The maximum atomic E-state index is 12.3. The minimum absolute atomic E-state index is 0.127. The van der Waals surface area contributed by atoms with Gasteiger partial charge in [-0.1, -0.05) is 0 Å². The smallest absolute Gasteiger partial charge is 0.231 e. The van der Waals surface area contributed by atoms with Gasteiger partial charge in [0.1, 0.15) is 5.69 Å². The van der Waals surface area contributed by atoms with Crippen LogP contribution in [0, 0.1) is 11.7 Å². The highest BCUT2D eigenvalue weighted by atomic mass is 32.1. The first-order valence-corrected chi connectivity index (χ1v) is 5.79. The highest BCUT2D eigenvalue weighted by Crippen LogP contribution is 2.33. The van der Waals surface area contributed by atoms with Crippen LogP contribution in [0.15, 0.2) is 18.2 Å². The summed E-state index contributed by atoms with van der Waals surface area (Å²) in [5.41, 5.74) is 1.73. The van der Waals surface area contributed by atoms with Gasteiger partial charge in [-0.3, -0.25) is 4.79 Å². The van der Waals surface area contributed by atoms with Crippen molar-refractivity contribution in [3.05, 3.63) is 39.9 Å². The molecule has 0 radical (unpaired) electrons. The number of aromatic nitrogens is 2. The lowest BCUT2D eigenvalue weighted by molar-refractivity contribution is 0.103. The van der Waals surface area contributed by atoms with Crippen LogP contribution in [-0.4, -0.2) is 22.5 Å². The summed E-state index contributed by atoms with van der Waals surface area (Å²) in [6, 6.07) is 5.11. The zero-order valence-electron chi connectivity index (χ0n) is 9.57. The quantitative estimate of drug-likeness (QED) is 0.644. The van der Waals surface area contributed by atoms with Crippen LogP contribution < -0.4 is 9.47 Å². The summed E-state index contributed by atoms with van der Waals surface area (Å²) in [5, 5.41) is 0. The van der Waals surface area contributed by atoms with Crippen LogP contribution in [0.1, 0.15) is 21.7 Å². The van der Waals surface area contributed by atoms with Crippen molar-refractivity contribution >= 4 is 18.0 Å². The van der Waals surface area contributed by atoms with Gasteiger partial charge >= 0.3 is 0 Å². The van der Waals surface area contributed by atoms with E-state index >= 15 is 0 Å². The molecule has 1 aromatic carbocycles. The summed E-state index contributed by atoms with van der Waals surface area (Å²) in [4.78, 5) is 18.0. The van der Waals surface area contributed by atoms with Crippen LogP contribution in [0.5, 0.6) is 11.5 Å². The van der Waals surface area contributed by atoms with Crippen LogP contribution in [0.25, 0.3) is 0 Å². The first kappa shape index (κ1) is 11.0. The van der Waals surface area contributed by atoms with E-state index in [-0.39, 0.29) is 12.6 Å². The molecule has 1 aliphatic heterocycles. The van der Waals surface area contributed by atoms with E-state index in [0.717, 1.165) is 5.69 Å². The number of ketones is 1. The van der Waals surface area contributed by atoms with Crippen LogP contribution in [0.3, 0.4) is 0 Å². The molecule has 18 heavy (non-hydrogen) atoms. The third-order valence-electron chi connectivity index (χ3n) is 2.78. The molecule has 0 spiro atoms. The number of imidazole rings is 1. The first-order chi connectivity index (χ1) is 8.65. The molecular weight excluding hydrogens is 252 g/mol. The van der Waals surface area contributed by atoms with E-state index in [4.69, 9.17) is 21.7 Å². The summed E-state index contributed by atoms with van der Waals surface area (Å²) >= 11 is 4.96.